The zero-order valence-corrected chi connectivity index (χ0v) is 13.6. The van der Waals surface area contributed by atoms with E-state index in [9.17, 15) is 22.0 Å². The number of nitrogens with one attached hydrogen (secondary N) is 1. The molecule has 0 heterocycles. The van der Waals surface area contributed by atoms with E-state index < -0.39 is 41.3 Å². The van der Waals surface area contributed by atoms with Crippen molar-refractivity contribution in [2.45, 2.75) is 13.5 Å². The van der Waals surface area contributed by atoms with Crippen molar-refractivity contribution in [3.8, 4) is 0 Å². The number of halogens is 6. The van der Waals surface area contributed by atoms with Crippen molar-refractivity contribution in [1.82, 2.24) is 5.48 Å². The Labute approximate surface area is 145 Å². The molecule has 2 aromatic rings. The Bertz CT molecular complexity index is 767. The molecule has 9 heteroatoms. The van der Waals surface area contributed by atoms with Gasteiger partial charge in [-0.15, -0.1) is 0 Å². The Hall–Kier alpha value is -2.19. The van der Waals surface area contributed by atoms with E-state index in [1.807, 2.05) is 0 Å². The van der Waals surface area contributed by atoms with Gasteiger partial charge in [0.05, 0.1) is 5.56 Å². The molecule has 2 aromatic carbocycles. The Morgan fingerprint density at radius 3 is 2.00 bits per heavy atom. The number of hydrogen-bond acceptors (Lipinski definition) is 2. The van der Waals surface area contributed by atoms with Gasteiger partial charge in [0.1, 0.15) is 6.61 Å². The summed E-state index contributed by atoms with van der Waals surface area (Å²) in [6, 6.07) is 6.42. The van der Waals surface area contributed by atoms with Gasteiger partial charge in [0, 0.05) is 17.1 Å². The highest BCUT2D eigenvalue weighted by molar-refractivity contribution is 6.30. The molecule has 3 nitrogen and oxygen atoms in total. The number of benzene rings is 2. The minimum absolute atomic E-state index is 0.211. The van der Waals surface area contributed by atoms with E-state index in [1.54, 1.807) is 31.2 Å². The van der Waals surface area contributed by atoms with Gasteiger partial charge in [0.2, 0.25) is 5.82 Å². The lowest BCUT2D eigenvalue weighted by molar-refractivity contribution is 0.0661. The van der Waals surface area contributed by atoms with Crippen molar-refractivity contribution in [3.63, 3.8) is 0 Å². The topological polar surface area (TPSA) is 33.6 Å². The van der Waals surface area contributed by atoms with Crippen molar-refractivity contribution in [1.29, 1.82) is 0 Å². The summed E-state index contributed by atoms with van der Waals surface area (Å²) >= 11 is 5.78. The maximum absolute atomic E-state index is 13.6. The molecule has 0 unspecified atom stereocenters. The first-order chi connectivity index (χ1) is 11.9. The fraction of sp³-hybridized carbons (Fsp3) is 0.188. The van der Waals surface area contributed by atoms with Gasteiger partial charge in [0.15, 0.2) is 29.1 Å². The molecule has 0 amide bonds. The van der Waals surface area contributed by atoms with Crippen LogP contribution in [0.25, 0.3) is 0 Å². The van der Waals surface area contributed by atoms with Gasteiger partial charge in [-0.05, 0) is 31.2 Å². The van der Waals surface area contributed by atoms with Gasteiger partial charge in [-0.2, -0.15) is 0 Å². The van der Waals surface area contributed by atoms with Crippen LogP contribution in [0.15, 0.2) is 29.3 Å². The summed E-state index contributed by atoms with van der Waals surface area (Å²) in [5, 5.41) is 0.488. The minimum atomic E-state index is -2.22. The highest BCUT2D eigenvalue weighted by Crippen LogP contribution is 2.23. The molecule has 0 aliphatic rings. The van der Waals surface area contributed by atoms with Crippen LogP contribution in [0.5, 0.6) is 0 Å². The molecule has 25 heavy (non-hydrogen) atoms. The standard InChI is InChI=1S/C16H12ClF5N2O/c1-2-23-16(8-3-5-9(17)6-4-8)24-25-7-10-11(18)13(20)15(22)14(21)12(10)19/h3-6H,2,7H2,1H3,(H,23,24). The van der Waals surface area contributed by atoms with Crippen LogP contribution in [0, 0.1) is 29.1 Å². The van der Waals surface area contributed by atoms with Crippen molar-refractivity contribution in [2.75, 3.05) is 6.54 Å². The largest absolute Gasteiger partial charge is 0.270 e. The van der Waals surface area contributed by atoms with Gasteiger partial charge in [0.25, 0.3) is 0 Å². The molecular weight excluding hydrogens is 367 g/mol. The first-order valence-corrected chi connectivity index (χ1v) is 7.43. The lowest BCUT2D eigenvalue weighted by Gasteiger charge is -2.12. The molecule has 0 aliphatic carbocycles. The summed E-state index contributed by atoms with van der Waals surface area (Å²) in [7, 11) is 0. The van der Waals surface area contributed by atoms with Crippen LogP contribution < -0.4 is 5.48 Å². The monoisotopic (exact) mass is 378 g/mol. The summed E-state index contributed by atoms with van der Waals surface area (Å²) in [4.78, 5) is 8.97. The number of rotatable bonds is 5. The summed E-state index contributed by atoms with van der Waals surface area (Å²) in [6.07, 6.45) is 0. The summed E-state index contributed by atoms with van der Waals surface area (Å²) in [6.45, 7) is 1.20. The van der Waals surface area contributed by atoms with Crippen LogP contribution in [-0.2, 0) is 11.4 Å². The van der Waals surface area contributed by atoms with Crippen molar-refractivity contribution in [3.05, 3.63) is 69.5 Å². The van der Waals surface area contributed by atoms with Crippen LogP contribution in [0.2, 0.25) is 5.02 Å². The second kappa shape index (κ2) is 8.26. The van der Waals surface area contributed by atoms with Crippen LogP contribution >= 0.6 is 11.6 Å². The molecular formula is C16H12ClF5N2O. The van der Waals surface area contributed by atoms with Crippen LogP contribution in [0.3, 0.4) is 0 Å². The molecule has 0 saturated carbocycles. The number of aliphatic imine (C=N–C) groups is 1. The zero-order chi connectivity index (χ0) is 18.6. The van der Waals surface area contributed by atoms with E-state index in [1.165, 1.54) is 0 Å². The lowest BCUT2D eigenvalue weighted by atomic mass is 10.2. The third-order valence-corrected chi connectivity index (χ3v) is 3.37. The molecule has 0 radical (unpaired) electrons. The predicted octanol–water partition coefficient (Wildman–Crippen LogP) is 4.52. The van der Waals surface area contributed by atoms with Gasteiger partial charge in [-0.25, -0.2) is 27.4 Å². The van der Waals surface area contributed by atoms with Gasteiger partial charge in [-0.3, -0.25) is 9.83 Å². The average molecular weight is 379 g/mol. The third-order valence-electron chi connectivity index (χ3n) is 3.12. The fourth-order valence-electron chi connectivity index (χ4n) is 1.90. The summed E-state index contributed by atoms with van der Waals surface area (Å²) < 4.78 is 66.4. The first kappa shape index (κ1) is 19.1. The van der Waals surface area contributed by atoms with Crippen molar-refractivity contribution < 1.29 is 26.8 Å². The van der Waals surface area contributed by atoms with Gasteiger partial charge < -0.3 is 0 Å². The SMILES string of the molecule is CCN=C(NOCc1c(F)c(F)c(F)c(F)c1F)c1ccc(Cl)cc1. The Morgan fingerprint density at radius 2 is 1.48 bits per heavy atom. The molecule has 0 saturated heterocycles. The second-order valence-electron chi connectivity index (χ2n) is 4.77. The Balaban J connectivity index is 2.16. The molecule has 0 aromatic heterocycles. The molecule has 1 N–H and O–H groups in total. The maximum Gasteiger partial charge on any atom is 0.200 e. The van der Waals surface area contributed by atoms with E-state index in [4.69, 9.17) is 16.4 Å². The number of hydrogen-bond donors (Lipinski definition) is 1. The zero-order valence-electron chi connectivity index (χ0n) is 12.8. The Kier molecular flexibility index (Phi) is 6.33. The van der Waals surface area contributed by atoms with Gasteiger partial charge >= 0.3 is 0 Å². The fourth-order valence-corrected chi connectivity index (χ4v) is 2.03. The minimum Gasteiger partial charge on any atom is -0.270 e. The Morgan fingerprint density at radius 1 is 0.960 bits per heavy atom. The molecule has 0 spiro atoms. The lowest BCUT2D eigenvalue weighted by Crippen LogP contribution is -2.26. The van der Waals surface area contributed by atoms with Crippen LogP contribution in [0.1, 0.15) is 18.1 Å². The predicted molar refractivity (Wildman–Crippen MR) is 82.7 cm³/mol. The first-order valence-electron chi connectivity index (χ1n) is 7.05. The number of nitrogens with zero attached hydrogens (tertiary/aromatic N) is 1. The number of hydroxylamine groups is 1. The molecule has 0 fully saturated rings. The van der Waals surface area contributed by atoms with Crippen LogP contribution in [0.4, 0.5) is 22.0 Å². The summed E-state index contributed by atoms with van der Waals surface area (Å²) in [5.74, 6) is -9.96. The highest BCUT2D eigenvalue weighted by atomic mass is 35.5. The van der Waals surface area contributed by atoms with E-state index in [2.05, 4.69) is 10.5 Å². The molecule has 2 rings (SSSR count). The highest BCUT2D eigenvalue weighted by Gasteiger charge is 2.25. The van der Waals surface area contributed by atoms with Gasteiger partial charge in [-0.1, -0.05) is 11.6 Å². The summed E-state index contributed by atoms with van der Waals surface area (Å²) in [5.41, 5.74) is 1.82. The molecule has 0 aliphatic heterocycles. The van der Waals surface area contributed by atoms with E-state index in [0.717, 1.165) is 0 Å². The van der Waals surface area contributed by atoms with Crippen molar-refractivity contribution >= 4 is 17.4 Å². The number of amidine groups is 1. The van der Waals surface area contributed by atoms with E-state index in [0.29, 0.717) is 17.1 Å². The quantitative estimate of drug-likeness (QED) is 0.207. The van der Waals surface area contributed by atoms with Crippen LogP contribution in [-0.4, -0.2) is 12.4 Å². The maximum atomic E-state index is 13.6. The van der Waals surface area contributed by atoms with E-state index in [-0.39, 0.29) is 5.84 Å². The third kappa shape index (κ3) is 4.26. The second-order valence-corrected chi connectivity index (χ2v) is 5.21. The average Bonchev–Trinajstić information content (AvgIpc) is 2.61. The molecule has 0 bridgehead atoms. The molecule has 134 valence electrons. The van der Waals surface area contributed by atoms with E-state index >= 15 is 0 Å². The van der Waals surface area contributed by atoms with Crippen molar-refractivity contribution in [2.24, 2.45) is 4.99 Å². The molecule has 0 atom stereocenters. The normalized spacial score (nSPS) is 11.7. The smallest absolute Gasteiger partial charge is 0.200 e.